The number of aliphatic imine (C=N–C) groups is 1. The van der Waals surface area contributed by atoms with Gasteiger partial charge in [0.2, 0.25) is 0 Å². The first-order chi connectivity index (χ1) is 15.4. The molecule has 1 atom stereocenters. The van der Waals surface area contributed by atoms with Crippen LogP contribution in [0.5, 0.6) is 11.5 Å². The summed E-state index contributed by atoms with van der Waals surface area (Å²) in [5, 5.41) is 0. The lowest BCUT2D eigenvalue weighted by atomic mass is 10.1. The first-order valence-corrected chi connectivity index (χ1v) is 12.2. The van der Waals surface area contributed by atoms with Crippen molar-refractivity contribution in [3.63, 3.8) is 0 Å². The Hall–Kier alpha value is -1.97. The number of likely N-dealkylation sites (N-methyl/N-ethyl adjacent to an activating group) is 1. The Balaban J connectivity index is 1.32. The van der Waals surface area contributed by atoms with Crippen molar-refractivity contribution in [2.45, 2.75) is 31.7 Å². The third-order valence-corrected chi connectivity index (χ3v) is 7.40. The molecule has 174 valence electrons. The maximum atomic E-state index is 13.0. The van der Waals surface area contributed by atoms with Crippen molar-refractivity contribution < 1.29 is 18.8 Å². The largest absolute Gasteiger partial charge is 0.493 e. The molecule has 0 bridgehead atoms. The summed E-state index contributed by atoms with van der Waals surface area (Å²) in [4.78, 5) is 21.6. The van der Waals surface area contributed by atoms with Crippen LogP contribution in [0.15, 0.2) is 17.1 Å². The molecule has 0 aliphatic carbocycles. The number of carbonyl (C=O) groups is 1. The van der Waals surface area contributed by atoms with E-state index < -0.39 is 0 Å². The minimum absolute atomic E-state index is 0.0266. The SMILES string of the molecule is COc1cc2c(cc1OCCCC[N+]1(C)CCN(C(=S)[S-])CC1)N=C[C@@H]1CCCN1C2=O. The van der Waals surface area contributed by atoms with Gasteiger partial charge in [-0.25, -0.2) is 0 Å². The van der Waals surface area contributed by atoms with Gasteiger partial charge in [0, 0.05) is 18.8 Å². The standard InChI is InChI=1S/C23H32N4O3S2/c1-27(11-8-25(9-12-27)23(31)32)10-3-4-13-30-21-15-19-18(14-20(21)29-2)22(28)26-7-5-6-17(26)16-24-19/h14-17H,3-13H2,1-2H3/t17-/m0/s1. The van der Waals surface area contributed by atoms with E-state index in [0.717, 1.165) is 69.4 Å². The van der Waals surface area contributed by atoms with Gasteiger partial charge in [0.1, 0.15) is 0 Å². The van der Waals surface area contributed by atoms with Crippen molar-refractivity contribution in [2.24, 2.45) is 4.99 Å². The molecule has 1 aromatic carbocycles. The monoisotopic (exact) mass is 476 g/mol. The minimum Gasteiger partial charge on any atom is -0.493 e. The predicted molar refractivity (Wildman–Crippen MR) is 132 cm³/mol. The molecule has 9 heteroatoms. The van der Waals surface area contributed by atoms with Gasteiger partial charge in [-0.2, -0.15) is 0 Å². The summed E-state index contributed by atoms with van der Waals surface area (Å²) in [7, 11) is 3.91. The molecule has 4 rings (SSSR count). The number of benzene rings is 1. The lowest BCUT2D eigenvalue weighted by molar-refractivity contribution is -0.913. The third kappa shape index (κ3) is 5.00. The fourth-order valence-corrected chi connectivity index (χ4v) is 5.12. The zero-order valence-electron chi connectivity index (χ0n) is 18.9. The van der Waals surface area contributed by atoms with Crippen LogP contribution in [0.2, 0.25) is 0 Å². The Kier molecular flexibility index (Phi) is 7.17. The average Bonchev–Trinajstić information content (AvgIpc) is 3.21. The summed E-state index contributed by atoms with van der Waals surface area (Å²) in [6, 6.07) is 3.72. The average molecular weight is 477 g/mol. The van der Waals surface area contributed by atoms with E-state index in [0.29, 0.717) is 33.7 Å². The van der Waals surface area contributed by atoms with Crippen molar-refractivity contribution >= 4 is 47.0 Å². The molecule has 32 heavy (non-hydrogen) atoms. The first kappa shape index (κ1) is 23.2. The van der Waals surface area contributed by atoms with Crippen LogP contribution in [0.25, 0.3) is 0 Å². The lowest BCUT2D eigenvalue weighted by Gasteiger charge is -2.44. The van der Waals surface area contributed by atoms with Crippen LogP contribution >= 0.6 is 12.2 Å². The third-order valence-electron chi connectivity index (χ3n) is 6.89. The minimum atomic E-state index is 0.0266. The van der Waals surface area contributed by atoms with E-state index in [-0.39, 0.29) is 11.9 Å². The lowest BCUT2D eigenvalue weighted by Crippen LogP contribution is -2.58. The highest BCUT2D eigenvalue weighted by molar-refractivity contribution is 8.00. The van der Waals surface area contributed by atoms with Gasteiger partial charge in [-0.1, -0.05) is 4.32 Å². The maximum absolute atomic E-state index is 13.0. The van der Waals surface area contributed by atoms with E-state index in [2.05, 4.69) is 16.9 Å². The summed E-state index contributed by atoms with van der Waals surface area (Å²) < 4.78 is 13.2. The summed E-state index contributed by atoms with van der Waals surface area (Å²) >= 11 is 10.3. The van der Waals surface area contributed by atoms with Crippen molar-refractivity contribution in [1.29, 1.82) is 0 Å². The van der Waals surface area contributed by atoms with Gasteiger partial charge in [0.15, 0.2) is 11.5 Å². The molecule has 1 amide bonds. The quantitative estimate of drug-likeness (QED) is 0.261. The fraction of sp³-hybridized carbons (Fsp3) is 0.609. The number of carbonyl (C=O) groups excluding carboxylic acids is 1. The molecule has 3 aliphatic rings. The van der Waals surface area contributed by atoms with Crippen LogP contribution in [-0.2, 0) is 12.6 Å². The molecule has 0 saturated carbocycles. The van der Waals surface area contributed by atoms with Gasteiger partial charge in [0.25, 0.3) is 5.91 Å². The van der Waals surface area contributed by atoms with Crippen molar-refractivity contribution in [1.82, 2.24) is 9.80 Å². The highest BCUT2D eigenvalue weighted by Crippen LogP contribution is 2.38. The maximum Gasteiger partial charge on any atom is 0.256 e. The molecule has 3 heterocycles. The van der Waals surface area contributed by atoms with Crippen LogP contribution < -0.4 is 9.47 Å². The molecular formula is C23H32N4O3S2. The number of hydrogen-bond acceptors (Lipinski definition) is 6. The summed E-state index contributed by atoms with van der Waals surface area (Å²) in [5.41, 5.74) is 1.25. The van der Waals surface area contributed by atoms with Gasteiger partial charge in [-0.15, -0.1) is 0 Å². The molecule has 2 saturated heterocycles. The number of unbranched alkanes of at least 4 members (excludes halogenated alkanes) is 1. The molecule has 2 fully saturated rings. The number of rotatable bonds is 7. The number of hydrogen-bond donors (Lipinski definition) is 0. The van der Waals surface area contributed by atoms with Gasteiger partial charge in [-0.3, -0.25) is 9.79 Å². The Labute approximate surface area is 201 Å². The Morgan fingerprint density at radius 3 is 2.75 bits per heavy atom. The molecule has 3 aliphatic heterocycles. The van der Waals surface area contributed by atoms with Gasteiger partial charge in [0.05, 0.1) is 70.8 Å². The molecule has 0 aromatic heterocycles. The molecule has 0 unspecified atom stereocenters. The number of nitrogens with zero attached hydrogens (tertiary/aromatic N) is 4. The molecular weight excluding hydrogens is 444 g/mol. The molecule has 0 radical (unpaired) electrons. The zero-order valence-corrected chi connectivity index (χ0v) is 20.6. The molecule has 7 nitrogen and oxygen atoms in total. The highest BCUT2D eigenvalue weighted by atomic mass is 32.1. The Morgan fingerprint density at radius 2 is 2.03 bits per heavy atom. The Bertz CT molecular complexity index is 899. The summed E-state index contributed by atoms with van der Waals surface area (Å²) in [6.07, 6.45) is 5.92. The highest BCUT2D eigenvalue weighted by Gasteiger charge is 2.32. The number of fused-ring (bicyclic) bond motifs is 2. The normalized spacial score (nSPS) is 21.7. The number of methoxy groups -OCH3 is 1. The second-order valence-electron chi connectivity index (χ2n) is 9.11. The summed E-state index contributed by atoms with van der Waals surface area (Å²) in [5.74, 6) is 1.25. The number of amides is 1. The van der Waals surface area contributed by atoms with Crippen LogP contribution in [0.1, 0.15) is 36.0 Å². The van der Waals surface area contributed by atoms with Crippen LogP contribution in [0, 0.1) is 0 Å². The topological polar surface area (TPSA) is 54.4 Å². The van der Waals surface area contributed by atoms with Gasteiger partial charge in [-0.05, 0) is 31.7 Å². The van der Waals surface area contributed by atoms with Crippen molar-refractivity contribution in [3.05, 3.63) is 17.7 Å². The number of quaternary nitrogens is 1. The second kappa shape index (κ2) is 9.89. The summed E-state index contributed by atoms with van der Waals surface area (Å²) in [6.45, 7) is 6.52. The van der Waals surface area contributed by atoms with Crippen LogP contribution in [0.3, 0.4) is 0 Å². The molecule has 0 N–H and O–H groups in total. The molecule has 1 aromatic rings. The van der Waals surface area contributed by atoms with Gasteiger partial charge >= 0.3 is 0 Å². The van der Waals surface area contributed by atoms with E-state index in [4.69, 9.17) is 34.3 Å². The number of ether oxygens (including phenoxy) is 2. The Morgan fingerprint density at radius 1 is 1.25 bits per heavy atom. The van der Waals surface area contributed by atoms with Gasteiger partial charge < -0.3 is 48.6 Å². The predicted octanol–water partition coefficient (Wildman–Crippen LogP) is 2.77. The van der Waals surface area contributed by atoms with Crippen molar-refractivity contribution in [3.8, 4) is 11.5 Å². The fourth-order valence-electron chi connectivity index (χ4n) is 4.75. The van der Waals surface area contributed by atoms with E-state index in [1.54, 1.807) is 13.2 Å². The molecule has 0 spiro atoms. The second-order valence-corrected chi connectivity index (χ2v) is 10.1. The van der Waals surface area contributed by atoms with E-state index in [1.165, 1.54) is 0 Å². The van der Waals surface area contributed by atoms with E-state index >= 15 is 0 Å². The number of piperazine rings is 1. The van der Waals surface area contributed by atoms with Crippen LogP contribution in [0.4, 0.5) is 5.69 Å². The van der Waals surface area contributed by atoms with E-state index in [9.17, 15) is 4.79 Å². The van der Waals surface area contributed by atoms with E-state index in [1.807, 2.05) is 17.2 Å². The smallest absolute Gasteiger partial charge is 0.256 e. The zero-order chi connectivity index (χ0) is 22.7. The van der Waals surface area contributed by atoms with Crippen molar-refractivity contribution in [2.75, 3.05) is 60.0 Å². The van der Waals surface area contributed by atoms with Crippen LogP contribution in [-0.4, -0.2) is 96.8 Å². The number of thiocarbonyl (C=S) groups is 1. The first-order valence-electron chi connectivity index (χ1n) is 11.4.